The number of ether oxygens (including phenoxy) is 3. The maximum atomic E-state index is 12.8. The van der Waals surface area contributed by atoms with Crippen LogP contribution in [-0.4, -0.2) is 74.5 Å². The van der Waals surface area contributed by atoms with Crippen LogP contribution in [0.3, 0.4) is 0 Å². The molecule has 10 heteroatoms. The SMILES string of the molecule is CC(C)(C)OC(=O)N1CCN(C(=O)OCc2ccccc2)CC1COc1ccc(S(C)(=O)=O)cc1. The summed E-state index contributed by atoms with van der Waals surface area (Å²) in [4.78, 5) is 28.8. The first-order chi connectivity index (χ1) is 16.4. The third kappa shape index (κ3) is 7.88. The molecule has 3 rings (SSSR count). The Morgan fingerprint density at radius 1 is 0.971 bits per heavy atom. The number of amides is 2. The van der Waals surface area contributed by atoms with Gasteiger partial charge in [0.2, 0.25) is 0 Å². The van der Waals surface area contributed by atoms with Crippen molar-refractivity contribution in [2.24, 2.45) is 0 Å². The molecule has 1 unspecified atom stereocenters. The van der Waals surface area contributed by atoms with Crippen LogP contribution in [0.2, 0.25) is 0 Å². The second-order valence-corrected chi connectivity index (χ2v) is 11.4. The number of nitrogens with zero attached hydrogens (tertiary/aromatic N) is 2. The first-order valence-electron chi connectivity index (χ1n) is 11.3. The maximum Gasteiger partial charge on any atom is 0.410 e. The predicted octanol–water partition coefficient (Wildman–Crippen LogP) is 3.73. The van der Waals surface area contributed by atoms with Crippen molar-refractivity contribution in [1.82, 2.24) is 9.80 Å². The number of rotatable bonds is 6. The molecule has 35 heavy (non-hydrogen) atoms. The van der Waals surface area contributed by atoms with Crippen molar-refractivity contribution in [3.63, 3.8) is 0 Å². The molecule has 9 nitrogen and oxygen atoms in total. The zero-order valence-corrected chi connectivity index (χ0v) is 21.3. The van der Waals surface area contributed by atoms with E-state index in [2.05, 4.69) is 0 Å². The maximum absolute atomic E-state index is 12.8. The highest BCUT2D eigenvalue weighted by atomic mass is 32.2. The summed E-state index contributed by atoms with van der Waals surface area (Å²) in [7, 11) is -3.32. The Bertz CT molecular complexity index is 1110. The number of benzene rings is 2. The first kappa shape index (κ1) is 26.3. The zero-order valence-electron chi connectivity index (χ0n) is 20.5. The Morgan fingerprint density at radius 2 is 1.63 bits per heavy atom. The van der Waals surface area contributed by atoms with E-state index in [0.717, 1.165) is 11.8 Å². The molecule has 1 heterocycles. The minimum Gasteiger partial charge on any atom is -0.491 e. The van der Waals surface area contributed by atoms with Gasteiger partial charge in [-0.25, -0.2) is 18.0 Å². The van der Waals surface area contributed by atoms with Gasteiger partial charge in [0.05, 0.1) is 10.9 Å². The van der Waals surface area contributed by atoms with E-state index in [1.165, 1.54) is 12.1 Å². The van der Waals surface area contributed by atoms with Crippen molar-refractivity contribution < 1.29 is 32.2 Å². The summed E-state index contributed by atoms with van der Waals surface area (Å²) in [6.45, 7) is 6.36. The molecule has 0 aromatic heterocycles. The van der Waals surface area contributed by atoms with Crippen LogP contribution in [0.4, 0.5) is 9.59 Å². The van der Waals surface area contributed by atoms with Crippen molar-refractivity contribution in [3.8, 4) is 5.75 Å². The van der Waals surface area contributed by atoms with Gasteiger partial charge in [0.1, 0.15) is 24.6 Å². The van der Waals surface area contributed by atoms with Crippen molar-refractivity contribution in [3.05, 3.63) is 60.2 Å². The van der Waals surface area contributed by atoms with E-state index in [9.17, 15) is 18.0 Å². The lowest BCUT2D eigenvalue weighted by Gasteiger charge is -2.40. The fourth-order valence-corrected chi connectivity index (χ4v) is 4.14. The molecule has 2 amide bonds. The monoisotopic (exact) mass is 504 g/mol. The number of carbonyl (C=O) groups is 2. The molecule has 2 aromatic rings. The third-order valence-electron chi connectivity index (χ3n) is 5.27. The molecule has 1 aliphatic heterocycles. The van der Waals surface area contributed by atoms with Crippen molar-refractivity contribution >= 4 is 22.0 Å². The standard InChI is InChI=1S/C25H32N2O7S/c1-25(2,3)34-24(29)27-15-14-26(23(28)33-17-19-8-6-5-7-9-19)16-20(27)18-32-21-10-12-22(13-11-21)35(4,30)31/h5-13,20H,14-18H2,1-4H3. The number of hydrogen-bond donors (Lipinski definition) is 0. The normalized spacial score (nSPS) is 16.5. The molecule has 1 saturated heterocycles. The molecule has 0 radical (unpaired) electrons. The van der Waals surface area contributed by atoms with E-state index in [1.807, 2.05) is 30.3 Å². The molecule has 0 spiro atoms. The van der Waals surface area contributed by atoms with Crippen molar-refractivity contribution in [1.29, 1.82) is 0 Å². The van der Waals surface area contributed by atoms with Gasteiger partial charge in [-0.1, -0.05) is 30.3 Å². The van der Waals surface area contributed by atoms with Crippen molar-refractivity contribution in [2.45, 2.75) is 43.9 Å². The summed E-state index contributed by atoms with van der Waals surface area (Å²) in [5.74, 6) is 0.449. The van der Waals surface area contributed by atoms with Gasteiger partial charge in [-0.05, 0) is 50.6 Å². The Balaban J connectivity index is 1.67. The number of piperazine rings is 1. The molecular formula is C25H32N2O7S. The lowest BCUT2D eigenvalue weighted by atomic mass is 10.2. The summed E-state index contributed by atoms with van der Waals surface area (Å²) in [5.41, 5.74) is 0.209. The Morgan fingerprint density at radius 3 is 2.23 bits per heavy atom. The van der Waals surface area contributed by atoms with Gasteiger partial charge in [0, 0.05) is 25.9 Å². The average molecular weight is 505 g/mol. The number of sulfone groups is 1. The highest BCUT2D eigenvalue weighted by molar-refractivity contribution is 7.90. The Kier molecular flexibility index (Phi) is 8.26. The van der Waals surface area contributed by atoms with Crippen LogP contribution in [0.5, 0.6) is 5.75 Å². The van der Waals surface area contributed by atoms with Crippen LogP contribution in [0.25, 0.3) is 0 Å². The summed E-state index contributed by atoms with van der Waals surface area (Å²) in [6, 6.07) is 14.9. The minimum absolute atomic E-state index is 0.0833. The highest BCUT2D eigenvalue weighted by Crippen LogP contribution is 2.20. The van der Waals surface area contributed by atoms with Gasteiger partial charge in [-0.15, -0.1) is 0 Å². The Labute approximate surface area is 206 Å². The fraction of sp³-hybridized carbons (Fsp3) is 0.440. The molecule has 1 aliphatic rings. The lowest BCUT2D eigenvalue weighted by Crippen LogP contribution is -2.59. The second-order valence-electron chi connectivity index (χ2n) is 9.37. The van der Waals surface area contributed by atoms with E-state index < -0.39 is 33.7 Å². The molecule has 0 bridgehead atoms. The van der Waals surface area contributed by atoms with Gasteiger partial charge >= 0.3 is 12.2 Å². The van der Waals surface area contributed by atoms with Gasteiger partial charge < -0.3 is 19.1 Å². The minimum atomic E-state index is -3.32. The second kappa shape index (κ2) is 11.0. The quantitative estimate of drug-likeness (QED) is 0.591. The van der Waals surface area contributed by atoms with Gasteiger partial charge in [-0.2, -0.15) is 0 Å². The summed E-state index contributed by atoms with van der Waals surface area (Å²) < 4.78 is 40.2. The number of carbonyl (C=O) groups excluding carboxylic acids is 2. The van der Waals surface area contributed by atoms with Gasteiger partial charge in [0.25, 0.3) is 0 Å². The molecule has 0 saturated carbocycles. The number of hydrogen-bond acceptors (Lipinski definition) is 7. The summed E-state index contributed by atoms with van der Waals surface area (Å²) >= 11 is 0. The van der Waals surface area contributed by atoms with Gasteiger partial charge in [-0.3, -0.25) is 4.90 Å². The van der Waals surface area contributed by atoms with E-state index in [1.54, 1.807) is 42.7 Å². The Hall–Kier alpha value is -3.27. The smallest absolute Gasteiger partial charge is 0.410 e. The molecular weight excluding hydrogens is 472 g/mol. The van der Waals surface area contributed by atoms with Crippen LogP contribution in [0.1, 0.15) is 26.3 Å². The predicted molar refractivity (Wildman–Crippen MR) is 130 cm³/mol. The van der Waals surface area contributed by atoms with Crippen LogP contribution in [0, 0.1) is 0 Å². The molecule has 1 fully saturated rings. The summed E-state index contributed by atoms with van der Waals surface area (Å²) in [6.07, 6.45) is 0.172. The highest BCUT2D eigenvalue weighted by Gasteiger charge is 2.36. The lowest BCUT2D eigenvalue weighted by molar-refractivity contribution is -0.0106. The van der Waals surface area contributed by atoms with Crippen molar-refractivity contribution in [2.75, 3.05) is 32.5 Å². The third-order valence-corrected chi connectivity index (χ3v) is 6.40. The first-order valence-corrected chi connectivity index (χ1v) is 13.2. The van der Waals surface area contributed by atoms with E-state index in [0.29, 0.717) is 12.3 Å². The average Bonchev–Trinajstić information content (AvgIpc) is 2.80. The van der Waals surface area contributed by atoms with Crippen LogP contribution < -0.4 is 4.74 Å². The molecule has 2 aromatic carbocycles. The van der Waals surface area contributed by atoms with E-state index >= 15 is 0 Å². The van der Waals surface area contributed by atoms with Crippen LogP contribution >= 0.6 is 0 Å². The van der Waals surface area contributed by atoms with E-state index in [4.69, 9.17) is 14.2 Å². The molecule has 190 valence electrons. The molecule has 1 atom stereocenters. The van der Waals surface area contributed by atoms with Crippen LogP contribution in [0.15, 0.2) is 59.5 Å². The topological polar surface area (TPSA) is 102 Å². The fourth-order valence-electron chi connectivity index (χ4n) is 3.51. The largest absolute Gasteiger partial charge is 0.491 e. The molecule has 0 N–H and O–H groups in total. The van der Waals surface area contributed by atoms with E-state index in [-0.39, 0.29) is 31.2 Å². The molecule has 0 aliphatic carbocycles. The summed E-state index contributed by atoms with van der Waals surface area (Å²) in [5, 5.41) is 0. The van der Waals surface area contributed by atoms with Crippen LogP contribution in [-0.2, 0) is 25.9 Å². The zero-order chi connectivity index (χ0) is 25.6. The van der Waals surface area contributed by atoms with Gasteiger partial charge in [0.15, 0.2) is 9.84 Å².